The Morgan fingerprint density at radius 3 is 2.73 bits per heavy atom. The maximum atomic E-state index is 9.19. The molecule has 66 valence electrons. The van der Waals surface area contributed by atoms with Crippen LogP contribution in [-0.2, 0) is 9.47 Å². The number of hydrogen-bond acceptors (Lipinski definition) is 4. The van der Waals surface area contributed by atoms with Crippen LogP contribution in [0.3, 0.4) is 0 Å². The molecule has 0 bridgehead atoms. The average molecular weight is 162 g/mol. The minimum Gasteiger partial charge on any atom is -0.390 e. The number of aliphatic hydroxyl groups excluding tert-OH is 2. The molecule has 1 rings (SSSR count). The van der Waals surface area contributed by atoms with Gasteiger partial charge in [-0.05, 0) is 0 Å². The van der Waals surface area contributed by atoms with E-state index >= 15 is 0 Å². The third-order valence-electron chi connectivity index (χ3n) is 1.80. The average Bonchev–Trinajstić information content (AvgIpc) is 1.98. The van der Waals surface area contributed by atoms with E-state index in [1.54, 1.807) is 7.11 Å². The van der Waals surface area contributed by atoms with Crippen LogP contribution in [0.5, 0.6) is 0 Å². The minimum atomic E-state index is -0.733. The van der Waals surface area contributed by atoms with Crippen LogP contribution in [0.15, 0.2) is 0 Å². The second-order valence-electron chi connectivity index (χ2n) is 2.78. The Morgan fingerprint density at radius 2 is 2.18 bits per heavy atom. The van der Waals surface area contributed by atoms with Crippen molar-refractivity contribution in [3.63, 3.8) is 0 Å². The fourth-order valence-corrected chi connectivity index (χ4v) is 1.14. The molecule has 1 heterocycles. The van der Waals surface area contributed by atoms with Gasteiger partial charge >= 0.3 is 0 Å². The Bertz CT molecular complexity index is 117. The highest BCUT2D eigenvalue weighted by molar-refractivity contribution is 4.77. The predicted octanol–water partition coefficient (Wildman–Crippen LogP) is -0.857. The zero-order valence-corrected chi connectivity index (χ0v) is 6.56. The smallest absolute Gasteiger partial charge is 0.103 e. The first-order chi connectivity index (χ1) is 5.24. The van der Waals surface area contributed by atoms with E-state index in [-0.39, 0.29) is 12.7 Å². The molecule has 0 spiro atoms. The molecule has 11 heavy (non-hydrogen) atoms. The van der Waals surface area contributed by atoms with Crippen LogP contribution in [0.2, 0.25) is 0 Å². The Hall–Kier alpha value is -0.160. The summed E-state index contributed by atoms with van der Waals surface area (Å²) in [4.78, 5) is 0. The monoisotopic (exact) mass is 162 g/mol. The fourth-order valence-electron chi connectivity index (χ4n) is 1.14. The number of aliphatic hydroxyl groups is 2. The summed E-state index contributed by atoms with van der Waals surface area (Å²) in [6, 6.07) is 0. The molecule has 0 radical (unpaired) electrons. The van der Waals surface area contributed by atoms with E-state index in [0.717, 1.165) is 0 Å². The molecule has 1 aliphatic heterocycles. The SMILES string of the molecule is COCC1CC(O)C(O)CO1. The van der Waals surface area contributed by atoms with E-state index in [1.165, 1.54) is 0 Å². The number of hydrogen-bond donors (Lipinski definition) is 2. The largest absolute Gasteiger partial charge is 0.390 e. The summed E-state index contributed by atoms with van der Waals surface area (Å²) < 4.78 is 10.0. The molecule has 1 aliphatic rings. The molecule has 3 unspecified atom stereocenters. The quantitative estimate of drug-likeness (QED) is 0.555. The first kappa shape index (κ1) is 8.93. The van der Waals surface area contributed by atoms with Gasteiger partial charge in [-0.25, -0.2) is 0 Å². The van der Waals surface area contributed by atoms with Gasteiger partial charge in [0.15, 0.2) is 0 Å². The zero-order chi connectivity index (χ0) is 8.27. The lowest BCUT2D eigenvalue weighted by atomic mass is 10.0. The van der Waals surface area contributed by atoms with Gasteiger partial charge in [-0.15, -0.1) is 0 Å². The molecule has 0 amide bonds. The molecule has 0 aromatic carbocycles. The molecule has 0 aromatic rings. The molecule has 3 atom stereocenters. The molecule has 0 saturated carbocycles. The van der Waals surface area contributed by atoms with Gasteiger partial charge in [-0.3, -0.25) is 0 Å². The molecular weight excluding hydrogens is 148 g/mol. The van der Waals surface area contributed by atoms with Gasteiger partial charge in [0.25, 0.3) is 0 Å². The second-order valence-corrected chi connectivity index (χ2v) is 2.78. The highest BCUT2D eigenvalue weighted by Crippen LogP contribution is 2.14. The predicted molar refractivity (Wildman–Crippen MR) is 38.2 cm³/mol. The number of ether oxygens (including phenoxy) is 2. The van der Waals surface area contributed by atoms with Crippen LogP contribution in [0.1, 0.15) is 6.42 Å². The van der Waals surface area contributed by atoms with Crippen LogP contribution in [0, 0.1) is 0 Å². The summed E-state index contributed by atoms with van der Waals surface area (Å²) in [5.41, 5.74) is 0. The van der Waals surface area contributed by atoms with Crippen molar-refractivity contribution in [2.45, 2.75) is 24.7 Å². The van der Waals surface area contributed by atoms with Crippen molar-refractivity contribution in [3.05, 3.63) is 0 Å². The zero-order valence-electron chi connectivity index (χ0n) is 6.56. The third-order valence-corrected chi connectivity index (χ3v) is 1.80. The first-order valence-corrected chi connectivity index (χ1v) is 3.70. The lowest BCUT2D eigenvalue weighted by molar-refractivity contribution is -0.134. The van der Waals surface area contributed by atoms with Crippen LogP contribution in [0.25, 0.3) is 0 Å². The lowest BCUT2D eigenvalue weighted by Crippen LogP contribution is -2.42. The maximum Gasteiger partial charge on any atom is 0.103 e. The molecule has 0 aromatic heterocycles. The number of methoxy groups -OCH3 is 1. The summed E-state index contributed by atoms with van der Waals surface area (Å²) in [5.74, 6) is 0. The fraction of sp³-hybridized carbons (Fsp3) is 1.00. The highest BCUT2D eigenvalue weighted by atomic mass is 16.5. The van der Waals surface area contributed by atoms with Crippen LogP contribution in [0.4, 0.5) is 0 Å². The molecular formula is C7H14O4. The maximum absolute atomic E-state index is 9.19. The van der Waals surface area contributed by atoms with E-state index in [4.69, 9.17) is 14.6 Å². The van der Waals surface area contributed by atoms with Crippen LogP contribution in [-0.4, -0.2) is 48.8 Å². The van der Waals surface area contributed by atoms with Gasteiger partial charge in [-0.2, -0.15) is 0 Å². The van der Waals surface area contributed by atoms with Crippen LogP contribution < -0.4 is 0 Å². The van der Waals surface area contributed by atoms with E-state index in [0.29, 0.717) is 13.0 Å². The van der Waals surface area contributed by atoms with Crippen LogP contribution >= 0.6 is 0 Å². The van der Waals surface area contributed by atoms with Gasteiger partial charge in [-0.1, -0.05) is 0 Å². The van der Waals surface area contributed by atoms with Crippen molar-refractivity contribution in [1.29, 1.82) is 0 Å². The molecule has 4 heteroatoms. The van der Waals surface area contributed by atoms with E-state index in [2.05, 4.69) is 0 Å². The van der Waals surface area contributed by atoms with Crippen molar-refractivity contribution in [1.82, 2.24) is 0 Å². The van der Waals surface area contributed by atoms with E-state index < -0.39 is 12.2 Å². The second kappa shape index (κ2) is 4.01. The summed E-state index contributed by atoms with van der Waals surface area (Å²) in [6.45, 7) is 0.680. The topological polar surface area (TPSA) is 58.9 Å². The molecule has 4 nitrogen and oxygen atoms in total. The van der Waals surface area contributed by atoms with Gasteiger partial charge in [0.2, 0.25) is 0 Å². The number of rotatable bonds is 2. The van der Waals surface area contributed by atoms with Gasteiger partial charge in [0.05, 0.1) is 25.4 Å². The van der Waals surface area contributed by atoms with Gasteiger partial charge in [0, 0.05) is 13.5 Å². The highest BCUT2D eigenvalue weighted by Gasteiger charge is 2.27. The van der Waals surface area contributed by atoms with E-state index in [9.17, 15) is 5.11 Å². The Balaban J connectivity index is 2.28. The van der Waals surface area contributed by atoms with Gasteiger partial charge in [0.1, 0.15) is 6.10 Å². The van der Waals surface area contributed by atoms with Crippen molar-refractivity contribution < 1.29 is 19.7 Å². The molecule has 1 saturated heterocycles. The van der Waals surface area contributed by atoms with Crippen molar-refractivity contribution in [2.24, 2.45) is 0 Å². The lowest BCUT2D eigenvalue weighted by Gasteiger charge is -2.29. The molecule has 0 aliphatic carbocycles. The van der Waals surface area contributed by atoms with Crippen molar-refractivity contribution in [3.8, 4) is 0 Å². The first-order valence-electron chi connectivity index (χ1n) is 3.70. The molecule has 1 fully saturated rings. The minimum absolute atomic E-state index is 0.0709. The molecule has 2 N–H and O–H groups in total. The normalized spacial score (nSPS) is 39.0. The summed E-state index contributed by atoms with van der Waals surface area (Å²) >= 11 is 0. The van der Waals surface area contributed by atoms with Gasteiger partial charge < -0.3 is 19.7 Å². The standard InChI is InChI=1S/C7H14O4/c1-10-3-5-2-6(8)7(9)4-11-5/h5-9H,2-4H2,1H3. The van der Waals surface area contributed by atoms with E-state index in [1.807, 2.05) is 0 Å². The Labute approximate surface area is 65.7 Å². The summed E-state index contributed by atoms with van der Waals surface area (Å²) in [5, 5.41) is 18.2. The summed E-state index contributed by atoms with van der Waals surface area (Å²) in [7, 11) is 1.58. The Kier molecular flexibility index (Phi) is 3.26. The van der Waals surface area contributed by atoms with Crippen molar-refractivity contribution >= 4 is 0 Å². The van der Waals surface area contributed by atoms with Crippen molar-refractivity contribution in [2.75, 3.05) is 20.3 Å². The Morgan fingerprint density at radius 1 is 1.45 bits per heavy atom. The summed E-state index contributed by atoms with van der Waals surface area (Å²) in [6.07, 6.45) is -1.01. The third kappa shape index (κ3) is 2.41.